The highest BCUT2D eigenvalue weighted by molar-refractivity contribution is 6.35. The minimum Gasteiger partial charge on any atom is -0.305 e. The van der Waals surface area contributed by atoms with Crippen LogP contribution < -0.4 is 0 Å². The molecule has 1 aromatic carbocycles. The van der Waals surface area contributed by atoms with Crippen LogP contribution in [0.2, 0.25) is 5.02 Å². The number of fused-ring (bicyclic) bond motifs is 3. The summed E-state index contributed by atoms with van der Waals surface area (Å²) in [6, 6.07) is 7.44. The molecule has 2 atom stereocenters. The molecule has 2 bridgehead atoms. The molecule has 22 heavy (non-hydrogen) atoms. The van der Waals surface area contributed by atoms with E-state index in [9.17, 15) is 0 Å². The van der Waals surface area contributed by atoms with Gasteiger partial charge in [0.2, 0.25) is 0 Å². The maximum absolute atomic E-state index is 6.46. The zero-order valence-electron chi connectivity index (χ0n) is 13.3. The maximum atomic E-state index is 6.46. The summed E-state index contributed by atoms with van der Waals surface area (Å²) < 4.78 is 1.96. The average Bonchev–Trinajstić information content (AvgIpc) is 2.94. The van der Waals surface area contributed by atoms with Crippen molar-refractivity contribution in [1.82, 2.24) is 19.6 Å². The fourth-order valence-corrected chi connectivity index (χ4v) is 4.51. The Morgan fingerprint density at radius 1 is 1.18 bits per heavy atom. The van der Waals surface area contributed by atoms with Gasteiger partial charge in [-0.3, -0.25) is 9.58 Å². The Hall–Kier alpha value is -1.10. The Bertz CT molecular complexity index is 695. The topological polar surface area (TPSA) is 24.3 Å². The molecule has 2 aliphatic heterocycles. The van der Waals surface area contributed by atoms with Crippen LogP contribution in [0, 0.1) is 0 Å². The highest BCUT2D eigenvalue weighted by atomic mass is 35.5. The molecule has 0 unspecified atom stereocenters. The molecule has 0 saturated carbocycles. The van der Waals surface area contributed by atoms with Crippen molar-refractivity contribution in [2.24, 2.45) is 7.05 Å². The standard InChI is InChI=1S/C17H23ClN4/c1-20-9-8-12-6-7-13(10-20)22(12)11-15-17-14(18)4-3-5-16(17)21(2)19-15/h3-5,12-13H,6-11H2,1-2H3/t12-,13+/m1/s1. The molecule has 118 valence electrons. The van der Waals surface area contributed by atoms with Crippen LogP contribution in [-0.4, -0.2) is 51.8 Å². The van der Waals surface area contributed by atoms with Crippen LogP contribution in [-0.2, 0) is 13.6 Å². The molecule has 1 aromatic heterocycles. The van der Waals surface area contributed by atoms with Crippen LogP contribution in [0.3, 0.4) is 0 Å². The molecule has 4 nitrogen and oxygen atoms in total. The van der Waals surface area contributed by atoms with Crippen molar-refractivity contribution in [2.45, 2.75) is 37.9 Å². The van der Waals surface area contributed by atoms with Crippen molar-refractivity contribution >= 4 is 22.5 Å². The second kappa shape index (κ2) is 5.52. The molecule has 0 radical (unpaired) electrons. The first-order valence-electron chi connectivity index (χ1n) is 8.18. The molecule has 2 saturated heterocycles. The smallest absolute Gasteiger partial charge is 0.0858 e. The number of hydrogen-bond acceptors (Lipinski definition) is 3. The minimum absolute atomic E-state index is 0.664. The van der Waals surface area contributed by atoms with Crippen LogP contribution in [0.1, 0.15) is 25.0 Å². The molecule has 2 fully saturated rings. The van der Waals surface area contributed by atoms with Gasteiger partial charge in [0.1, 0.15) is 0 Å². The van der Waals surface area contributed by atoms with E-state index in [1.807, 2.05) is 23.9 Å². The van der Waals surface area contributed by atoms with Crippen molar-refractivity contribution in [3.05, 3.63) is 28.9 Å². The van der Waals surface area contributed by atoms with Gasteiger partial charge in [-0.2, -0.15) is 5.10 Å². The summed E-state index contributed by atoms with van der Waals surface area (Å²) in [7, 11) is 4.25. The molecule has 0 aliphatic carbocycles. The van der Waals surface area contributed by atoms with E-state index < -0.39 is 0 Å². The second-order valence-corrected chi connectivity index (χ2v) is 7.22. The number of nitrogens with zero attached hydrogens (tertiary/aromatic N) is 4. The summed E-state index contributed by atoms with van der Waals surface area (Å²) in [6.07, 6.45) is 3.91. The second-order valence-electron chi connectivity index (χ2n) is 6.81. The highest BCUT2D eigenvalue weighted by Crippen LogP contribution is 2.34. The van der Waals surface area contributed by atoms with Crippen molar-refractivity contribution in [3.8, 4) is 0 Å². The van der Waals surface area contributed by atoms with Crippen molar-refractivity contribution in [2.75, 3.05) is 20.1 Å². The summed E-state index contributed by atoms with van der Waals surface area (Å²) in [4.78, 5) is 5.15. The van der Waals surface area contributed by atoms with E-state index in [4.69, 9.17) is 16.7 Å². The van der Waals surface area contributed by atoms with Crippen molar-refractivity contribution < 1.29 is 0 Å². The average molecular weight is 319 g/mol. The fraction of sp³-hybridized carbons (Fsp3) is 0.588. The number of benzene rings is 1. The van der Waals surface area contributed by atoms with Gasteiger partial charge in [-0.1, -0.05) is 17.7 Å². The van der Waals surface area contributed by atoms with Gasteiger partial charge in [0.05, 0.1) is 16.2 Å². The zero-order valence-corrected chi connectivity index (χ0v) is 14.1. The van der Waals surface area contributed by atoms with Gasteiger partial charge < -0.3 is 4.90 Å². The molecule has 5 heteroatoms. The Balaban J connectivity index is 1.69. The highest BCUT2D eigenvalue weighted by Gasteiger charge is 2.36. The molecule has 4 rings (SSSR count). The van der Waals surface area contributed by atoms with Crippen LogP contribution >= 0.6 is 11.6 Å². The molecule has 2 aliphatic rings. The molecule has 0 N–H and O–H groups in total. The third-order valence-electron chi connectivity index (χ3n) is 5.37. The molecular weight excluding hydrogens is 296 g/mol. The van der Waals surface area contributed by atoms with E-state index in [0.29, 0.717) is 12.1 Å². The maximum Gasteiger partial charge on any atom is 0.0858 e. The first kappa shape index (κ1) is 14.5. The van der Waals surface area contributed by atoms with Gasteiger partial charge in [-0.15, -0.1) is 0 Å². The lowest BCUT2D eigenvalue weighted by Gasteiger charge is -2.27. The third-order valence-corrected chi connectivity index (χ3v) is 5.68. The van der Waals surface area contributed by atoms with Crippen LogP contribution in [0.5, 0.6) is 0 Å². The third kappa shape index (κ3) is 2.34. The molecule has 3 heterocycles. The summed E-state index contributed by atoms with van der Waals surface area (Å²) in [5.74, 6) is 0. The Kier molecular flexibility index (Phi) is 3.63. The molecule has 0 spiro atoms. The molecule has 0 amide bonds. The summed E-state index contributed by atoms with van der Waals surface area (Å²) in [5, 5.41) is 6.72. The van der Waals surface area contributed by atoms with Crippen LogP contribution in [0.25, 0.3) is 10.9 Å². The Morgan fingerprint density at radius 3 is 2.86 bits per heavy atom. The predicted octanol–water partition coefficient (Wildman–Crippen LogP) is 2.90. The minimum atomic E-state index is 0.664. The lowest BCUT2D eigenvalue weighted by molar-refractivity contribution is 0.182. The Labute approximate surface area is 136 Å². The zero-order chi connectivity index (χ0) is 15.3. The number of hydrogen-bond donors (Lipinski definition) is 0. The summed E-state index contributed by atoms with van der Waals surface area (Å²) >= 11 is 6.46. The van der Waals surface area contributed by atoms with E-state index in [-0.39, 0.29) is 0 Å². The van der Waals surface area contributed by atoms with Crippen molar-refractivity contribution in [1.29, 1.82) is 0 Å². The summed E-state index contributed by atoms with van der Waals surface area (Å²) in [6.45, 7) is 3.31. The lowest BCUT2D eigenvalue weighted by Crippen LogP contribution is -2.37. The quantitative estimate of drug-likeness (QED) is 0.851. The predicted molar refractivity (Wildman–Crippen MR) is 90.2 cm³/mol. The summed E-state index contributed by atoms with van der Waals surface area (Å²) in [5.41, 5.74) is 2.26. The fourth-order valence-electron chi connectivity index (χ4n) is 4.24. The monoisotopic (exact) mass is 318 g/mol. The normalized spacial score (nSPS) is 26.7. The number of likely N-dealkylation sites (tertiary alicyclic amines) is 1. The van der Waals surface area contributed by atoms with Gasteiger partial charge >= 0.3 is 0 Å². The number of rotatable bonds is 2. The van der Waals surface area contributed by atoms with E-state index in [0.717, 1.165) is 28.2 Å². The van der Waals surface area contributed by atoms with Crippen LogP contribution in [0.15, 0.2) is 18.2 Å². The largest absolute Gasteiger partial charge is 0.305 e. The van der Waals surface area contributed by atoms with Crippen molar-refractivity contribution in [3.63, 3.8) is 0 Å². The molecular formula is C17H23ClN4. The number of aryl methyl sites for hydroxylation is 1. The number of likely N-dealkylation sites (N-methyl/N-ethyl adjacent to an activating group) is 1. The van der Waals surface area contributed by atoms with Gasteiger partial charge in [0.15, 0.2) is 0 Å². The van der Waals surface area contributed by atoms with Crippen LogP contribution in [0.4, 0.5) is 0 Å². The van der Waals surface area contributed by atoms with E-state index >= 15 is 0 Å². The first-order valence-corrected chi connectivity index (χ1v) is 8.55. The van der Waals surface area contributed by atoms with E-state index in [2.05, 4.69) is 22.9 Å². The van der Waals surface area contributed by atoms with Gasteiger partial charge in [-0.05, 0) is 45.0 Å². The number of aromatic nitrogens is 2. The SMILES string of the molecule is CN1CC[C@H]2CC[C@@H](C1)N2Cc1nn(C)c2cccc(Cl)c12. The first-order chi connectivity index (χ1) is 10.6. The molecule has 2 aromatic rings. The number of halogens is 1. The van der Waals surface area contributed by atoms with Gasteiger partial charge in [0, 0.05) is 37.6 Å². The van der Waals surface area contributed by atoms with E-state index in [1.165, 1.54) is 32.4 Å². The van der Waals surface area contributed by atoms with E-state index in [1.54, 1.807) is 0 Å². The van der Waals surface area contributed by atoms with Gasteiger partial charge in [-0.25, -0.2) is 0 Å². The Morgan fingerprint density at radius 2 is 2.00 bits per heavy atom. The lowest BCUT2D eigenvalue weighted by atomic mass is 10.1. The van der Waals surface area contributed by atoms with Gasteiger partial charge in [0.25, 0.3) is 0 Å².